The monoisotopic (exact) mass is 285 g/mol. The second-order valence-corrected chi connectivity index (χ2v) is 2.00. The van der Waals surface area contributed by atoms with Crippen molar-refractivity contribution in [1.29, 1.82) is 0 Å². The molecule has 0 saturated carbocycles. The molecule has 66 valence electrons. The van der Waals surface area contributed by atoms with Crippen LogP contribution < -0.4 is 17.0 Å². The molecule has 0 amide bonds. The van der Waals surface area contributed by atoms with Crippen LogP contribution >= 0.6 is 0 Å². The van der Waals surface area contributed by atoms with Gasteiger partial charge in [0.05, 0.1) is 0 Å². The largest absolute Gasteiger partial charge is 0.477 e. The first-order valence-corrected chi connectivity index (χ1v) is 2.87. The van der Waals surface area contributed by atoms with Crippen LogP contribution in [0, 0.1) is 0 Å². The molecular weight excluding hydrogens is 278 g/mol. The molecule has 0 saturated heterocycles. The Hall–Kier alpha value is -1.13. The van der Waals surface area contributed by atoms with Crippen molar-refractivity contribution in [3.05, 3.63) is 26.5 Å². The molecule has 1 heterocycles. The molecule has 5 N–H and O–H groups in total. The molecule has 8 heteroatoms. The van der Waals surface area contributed by atoms with Crippen LogP contribution in [0.4, 0.5) is 5.69 Å². The fourth-order valence-corrected chi connectivity index (χ4v) is 0.665. The van der Waals surface area contributed by atoms with Gasteiger partial charge in [-0.25, -0.2) is 9.59 Å². The summed E-state index contributed by atoms with van der Waals surface area (Å²) in [5.74, 6) is -1.45. The molecule has 0 spiro atoms. The molecule has 0 aliphatic heterocycles. The second kappa shape index (κ2) is 4.21. The average Bonchev–Trinajstić information content (AvgIpc) is 1.96. The van der Waals surface area contributed by atoms with Crippen molar-refractivity contribution >= 4 is 11.7 Å². The minimum Gasteiger partial charge on any atom is -0.477 e. The van der Waals surface area contributed by atoms with Crippen LogP contribution in [0.25, 0.3) is 0 Å². The average molecular weight is 284 g/mol. The predicted molar refractivity (Wildman–Crippen MR) is 39.1 cm³/mol. The van der Waals surface area contributed by atoms with Gasteiger partial charge < -0.3 is 10.8 Å². The van der Waals surface area contributed by atoms with Crippen LogP contribution in [0.3, 0.4) is 0 Å². The quantitative estimate of drug-likeness (QED) is 0.459. The van der Waals surface area contributed by atoms with Gasteiger partial charge in [-0.2, -0.15) is 0 Å². The van der Waals surface area contributed by atoms with Gasteiger partial charge >= 0.3 is 11.7 Å². The van der Waals surface area contributed by atoms with Gasteiger partial charge in [0.1, 0.15) is 5.69 Å². The number of carboxylic acid groups (broad SMARTS) is 1. The van der Waals surface area contributed by atoms with Gasteiger partial charge in [0, 0.05) is 27.3 Å². The van der Waals surface area contributed by atoms with E-state index in [0.717, 1.165) is 0 Å². The van der Waals surface area contributed by atoms with E-state index in [4.69, 9.17) is 10.8 Å². The minimum atomic E-state index is -1.45. The normalized spacial score (nSPS) is 8.92. The minimum absolute atomic E-state index is 0. The van der Waals surface area contributed by atoms with E-state index in [0.29, 0.717) is 0 Å². The summed E-state index contributed by atoms with van der Waals surface area (Å²) in [7, 11) is 0. The molecule has 0 fully saturated rings. The molecule has 0 bridgehead atoms. The van der Waals surface area contributed by atoms with Crippen molar-refractivity contribution in [3.8, 4) is 0 Å². The van der Waals surface area contributed by atoms with E-state index in [2.05, 4.69) is 0 Å². The molecule has 0 aromatic carbocycles. The Morgan fingerprint density at radius 2 is 1.85 bits per heavy atom. The van der Waals surface area contributed by atoms with Gasteiger partial charge in [0.25, 0.3) is 5.56 Å². The third-order valence-corrected chi connectivity index (χ3v) is 1.19. The van der Waals surface area contributed by atoms with E-state index < -0.39 is 28.6 Å². The molecule has 0 atom stereocenters. The van der Waals surface area contributed by atoms with Crippen LogP contribution in [0.5, 0.6) is 0 Å². The number of nitrogens with two attached hydrogens (primary N) is 1. The zero-order chi connectivity index (χ0) is 9.30. The maximum Gasteiger partial charge on any atom is 0.354 e. The number of anilines is 1. The SMILES string of the molecule is Nc1c(C(=O)O)[nH]c(=O)[nH]c1=O.[Cd]. The Balaban J connectivity index is 0.00000144. The summed E-state index contributed by atoms with van der Waals surface area (Å²) in [6.07, 6.45) is 0. The number of nitrogen functional groups attached to an aromatic ring is 1. The van der Waals surface area contributed by atoms with Gasteiger partial charge in [-0.1, -0.05) is 0 Å². The summed E-state index contributed by atoms with van der Waals surface area (Å²) in [6, 6.07) is 0. The maximum atomic E-state index is 10.7. The number of nitrogens with one attached hydrogen (secondary N) is 2. The zero-order valence-corrected chi connectivity index (χ0v) is 10.5. The number of aromatic carboxylic acids is 1. The van der Waals surface area contributed by atoms with Crippen LogP contribution in [-0.4, -0.2) is 21.0 Å². The first kappa shape index (κ1) is 11.9. The van der Waals surface area contributed by atoms with Crippen molar-refractivity contribution in [2.75, 3.05) is 5.73 Å². The number of carbonyl (C=O) groups is 1. The molecule has 1 aromatic rings. The van der Waals surface area contributed by atoms with E-state index in [-0.39, 0.29) is 27.3 Å². The first-order chi connectivity index (χ1) is 5.52. The summed E-state index contributed by atoms with van der Waals surface area (Å²) in [5, 5.41) is 8.41. The maximum absolute atomic E-state index is 10.7. The molecule has 1 rings (SSSR count). The molecule has 7 nitrogen and oxygen atoms in total. The van der Waals surface area contributed by atoms with Crippen molar-refractivity contribution in [2.24, 2.45) is 0 Å². The molecular formula is C5H5CdN3O4. The van der Waals surface area contributed by atoms with E-state index in [9.17, 15) is 14.4 Å². The number of hydrogen-bond donors (Lipinski definition) is 4. The van der Waals surface area contributed by atoms with Gasteiger partial charge in [-0.15, -0.1) is 0 Å². The number of aromatic amines is 2. The van der Waals surface area contributed by atoms with Crippen molar-refractivity contribution < 1.29 is 37.2 Å². The predicted octanol–water partition coefficient (Wildman–Crippen LogP) is -1.66. The van der Waals surface area contributed by atoms with Crippen molar-refractivity contribution in [2.45, 2.75) is 0 Å². The standard InChI is InChI=1S/C5H5N3O4.Cd/c6-1-2(4(10)11)7-5(12)8-3(1)9;/h6H2,(H,10,11)(H2,7,8,9,12);. The molecule has 0 aliphatic rings. The van der Waals surface area contributed by atoms with Gasteiger partial charge in [0.2, 0.25) is 0 Å². The summed E-state index contributed by atoms with van der Waals surface area (Å²) < 4.78 is 0. The fourth-order valence-electron chi connectivity index (χ4n) is 0.665. The van der Waals surface area contributed by atoms with Crippen molar-refractivity contribution in [3.63, 3.8) is 0 Å². The van der Waals surface area contributed by atoms with Gasteiger partial charge in [-0.3, -0.25) is 14.8 Å². The van der Waals surface area contributed by atoms with Gasteiger partial charge in [0.15, 0.2) is 5.69 Å². The Labute approximate surface area is 91.1 Å². The molecule has 0 unspecified atom stereocenters. The smallest absolute Gasteiger partial charge is 0.354 e. The molecule has 1 aromatic heterocycles. The van der Waals surface area contributed by atoms with Crippen LogP contribution in [-0.2, 0) is 27.3 Å². The van der Waals surface area contributed by atoms with E-state index in [1.54, 1.807) is 4.98 Å². The second-order valence-electron chi connectivity index (χ2n) is 2.00. The Kier molecular flexibility index (Phi) is 3.84. The number of hydrogen-bond acceptors (Lipinski definition) is 4. The molecule has 0 aliphatic carbocycles. The zero-order valence-electron chi connectivity index (χ0n) is 6.46. The van der Waals surface area contributed by atoms with E-state index in [1.165, 1.54) is 0 Å². The third kappa shape index (κ3) is 2.40. The number of aromatic nitrogens is 2. The fraction of sp³-hybridized carbons (Fsp3) is 0. The van der Waals surface area contributed by atoms with Crippen LogP contribution in [0.15, 0.2) is 9.59 Å². The molecule has 0 radical (unpaired) electrons. The Morgan fingerprint density at radius 1 is 1.31 bits per heavy atom. The third-order valence-electron chi connectivity index (χ3n) is 1.19. The summed E-state index contributed by atoms with van der Waals surface area (Å²) >= 11 is 0. The first-order valence-electron chi connectivity index (χ1n) is 2.87. The Morgan fingerprint density at radius 3 is 2.31 bits per heavy atom. The van der Waals surface area contributed by atoms with Gasteiger partial charge in [-0.05, 0) is 0 Å². The topological polar surface area (TPSA) is 129 Å². The number of rotatable bonds is 1. The molecule has 13 heavy (non-hydrogen) atoms. The van der Waals surface area contributed by atoms with Crippen molar-refractivity contribution in [1.82, 2.24) is 9.97 Å². The summed E-state index contributed by atoms with van der Waals surface area (Å²) in [5.41, 5.74) is 2.15. The van der Waals surface area contributed by atoms with Crippen LogP contribution in [0.1, 0.15) is 10.5 Å². The number of carboxylic acids is 1. The number of H-pyrrole nitrogens is 2. The van der Waals surface area contributed by atoms with Crippen LogP contribution in [0.2, 0.25) is 0 Å². The van der Waals surface area contributed by atoms with E-state index >= 15 is 0 Å². The summed E-state index contributed by atoms with van der Waals surface area (Å²) in [6.45, 7) is 0. The van der Waals surface area contributed by atoms with E-state index in [1.807, 2.05) is 4.98 Å². The Bertz CT molecular complexity index is 434. The summed E-state index contributed by atoms with van der Waals surface area (Å²) in [4.78, 5) is 35.2.